The van der Waals surface area contributed by atoms with Gasteiger partial charge in [-0.2, -0.15) is 0 Å². The van der Waals surface area contributed by atoms with Gasteiger partial charge in [0.05, 0.1) is 17.6 Å². The molecule has 0 unspecified atom stereocenters. The van der Waals surface area contributed by atoms with Crippen LogP contribution in [0.2, 0.25) is 0 Å². The highest BCUT2D eigenvalue weighted by Gasteiger charge is 2.32. The molecule has 1 aliphatic heterocycles. The van der Waals surface area contributed by atoms with Crippen LogP contribution >= 0.6 is 15.6 Å². The number of benzene rings is 2. The smallest absolute Gasteiger partial charge is 0.404 e. The summed E-state index contributed by atoms with van der Waals surface area (Å²) in [5, 5.41) is 3.95. The number of nitrogens with two attached hydrogens (primary N) is 1. The summed E-state index contributed by atoms with van der Waals surface area (Å²) >= 11 is 0. The Morgan fingerprint density at radius 1 is 0.879 bits per heavy atom. The number of carbonyl (C=O) groups excluding carboxylic acids is 4. The van der Waals surface area contributed by atoms with Crippen LogP contribution in [0.3, 0.4) is 0 Å². The molecule has 58 heavy (non-hydrogen) atoms. The maximum absolute atomic E-state index is 12.1. The topological polar surface area (TPSA) is 292 Å². The number of pyridine rings is 1. The van der Waals surface area contributed by atoms with Crippen molar-refractivity contribution in [3.8, 4) is 11.5 Å². The van der Waals surface area contributed by atoms with Gasteiger partial charge < -0.3 is 34.2 Å². The lowest BCUT2D eigenvalue weighted by atomic mass is 10.1. The lowest BCUT2D eigenvalue weighted by molar-refractivity contribution is -0.197. The number of amides is 3. The molecule has 0 aliphatic carbocycles. The summed E-state index contributed by atoms with van der Waals surface area (Å²) in [4.78, 5) is 99.3. The normalized spacial score (nSPS) is 13.4. The SMILES string of the molecule is CCCCc1nc2c(N)nc3ccc(CCCOCCCNC(=O)CCCC(=O)ON4C(=O)CCC4=O)cc3c2n1Cc1cc(OP(=O)(O)O)ccc1OP(=O)(O)O. The summed E-state index contributed by atoms with van der Waals surface area (Å²) in [5.74, 6) is -1.81. The zero-order chi connectivity index (χ0) is 42.0. The number of rotatable bonds is 22. The predicted molar refractivity (Wildman–Crippen MR) is 207 cm³/mol. The summed E-state index contributed by atoms with van der Waals surface area (Å²) in [5.41, 5.74) is 9.12. The molecular formula is C36H46N6O14P2. The van der Waals surface area contributed by atoms with Crippen molar-refractivity contribution in [2.75, 3.05) is 25.5 Å². The van der Waals surface area contributed by atoms with E-state index in [4.69, 9.17) is 29.3 Å². The minimum absolute atomic E-state index is 0.00639. The van der Waals surface area contributed by atoms with E-state index in [-0.39, 0.29) is 67.4 Å². The number of nitrogens with zero attached hydrogens (tertiary/aromatic N) is 4. The first-order chi connectivity index (χ1) is 27.5. The Morgan fingerprint density at radius 2 is 1.60 bits per heavy atom. The first-order valence-corrected chi connectivity index (χ1v) is 21.7. The number of hydrogen-bond acceptors (Lipinski definition) is 13. The van der Waals surface area contributed by atoms with Crippen LogP contribution in [0.25, 0.3) is 21.9 Å². The van der Waals surface area contributed by atoms with Crippen molar-refractivity contribution in [3.63, 3.8) is 0 Å². The number of unbranched alkanes of at least 4 members (excludes halogenated alkanes) is 1. The first-order valence-electron chi connectivity index (χ1n) is 18.6. The van der Waals surface area contributed by atoms with Gasteiger partial charge in [0.25, 0.3) is 11.8 Å². The second kappa shape index (κ2) is 19.7. The number of ether oxygens (including phenoxy) is 1. The third kappa shape index (κ3) is 12.5. The van der Waals surface area contributed by atoms with Crippen molar-refractivity contribution >= 4 is 67.1 Å². The first kappa shape index (κ1) is 44.2. The van der Waals surface area contributed by atoms with Crippen LogP contribution in [0.1, 0.15) is 81.7 Å². The number of hydrogen-bond donors (Lipinski definition) is 6. The van der Waals surface area contributed by atoms with Gasteiger partial charge in [0.1, 0.15) is 22.8 Å². The molecule has 0 atom stereocenters. The number of fused-ring (bicyclic) bond motifs is 3. The second-order valence-electron chi connectivity index (χ2n) is 13.5. The van der Waals surface area contributed by atoms with Crippen molar-refractivity contribution in [2.24, 2.45) is 0 Å². The average molecular weight is 849 g/mol. The van der Waals surface area contributed by atoms with Gasteiger partial charge in [-0.15, -0.1) is 5.06 Å². The molecule has 1 fully saturated rings. The molecule has 22 heteroatoms. The van der Waals surface area contributed by atoms with E-state index >= 15 is 0 Å². The van der Waals surface area contributed by atoms with Gasteiger partial charge in [0, 0.05) is 62.8 Å². The van der Waals surface area contributed by atoms with Gasteiger partial charge in [-0.1, -0.05) is 19.4 Å². The summed E-state index contributed by atoms with van der Waals surface area (Å²) in [7, 11) is -10.0. The zero-order valence-electron chi connectivity index (χ0n) is 31.7. The largest absolute Gasteiger partial charge is 0.524 e. The number of anilines is 1. The highest BCUT2D eigenvalue weighted by molar-refractivity contribution is 7.47. The average Bonchev–Trinajstić information content (AvgIpc) is 3.67. The molecule has 3 heterocycles. The number of imide groups is 1. The van der Waals surface area contributed by atoms with Gasteiger partial charge in [-0.05, 0) is 68.0 Å². The highest BCUT2D eigenvalue weighted by Crippen LogP contribution is 2.43. The van der Waals surface area contributed by atoms with E-state index in [1.807, 2.05) is 29.7 Å². The fourth-order valence-corrected chi connectivity index (χ4v) is 7.11. The fraction of sp³-hybridized carbons (Fsp3) is 0.444. The van der Waals surface area contributed by atoms with Crippen LogP contribution < -0.4 is 20.1 Å². The van der Waals surface area contributed by atoms with Crippen LogP contribution in [-0.2, 0) is 57.3 Å². The number of carbonyl (C=O) groups is 4. The highest BCUT2D eigenvalue weighted by atomic mass is 31.2. The third-order valence-corrected chi connectivity index (χ3v) is 9.81. The molecule has 314 valence electrons. The Bertz CT molecular complexity index is 2240. The Morgan fingerprint density at radius 3 is 2.31 bits per heavy atom. The summed E-state index contributed by atoms with van der Waals surface area (Å²) in [6, 6.07) is 9.25. The molecule has 4 aromatic rings. The zero-order valence-corrected chi connectivity index (χ0v) is 33.5. The van der Waals surface area contributed by atoms with Crippen LogP contribution in [0, 0.1) is 0 Å². The minimum atomic E-state index is -5.04. The lowest BCUT2D eigenvalue weighted by Crippen LogP contribution is -2.32. The molecule has 0 radical (unpaired) electrons. The van der Waals surface area contributed by atoms with Crippen molar-refractivity contribution in [1.82, 2.24) is 24.9 Å². The number of nitrogen functional groups attached to an aromatic ring is 1. The molecule has 1 saturated heterocycles. The van der Waals surface area contributed by atoms with Crippen molar-refractivity contribution in [3.05, 3.63) is 53.3 Å². The monoisotopic (exact) mass is 848 g/mol. The van der Waals surface area contributed by atoms with E-state index in [1.54, 1.807) is 0 Å². The Hall–Kier alpha value is -4.94. The maximum Gasteiger partial charge on any atom is 0.524 e. The number of nitrogens with one attached hydrogen (secondary N) is 1. The number of aromatic nitrogens is 3. The molecule has 0 bridgehead atoms. The van der Waals surface area contributed by atoms with Gasteiger partial charge in [-0.25, -0.2) is 23.9 Å². The third-order valence-electron chi connectivity index (χ3n) is 8.93. The maximum atomic E-state index is 12.1. The number of phosphoric ester groups is 2. The van der Waals surface area contributed by atoms with Crippen LogP contribution in [0.4, 0.5) is 5.82 Å². The molecule has 2 aromatic carbocycles. The van der Waals surface area contributed by atoms with Crippen LogP contribution in [0.5, 0.6) is 11.5 Å². The number of aryl methyl sites for hydroxylation is 2. The van der Waals surface area contributed by atoms with Crippen molar-refractivity contribution in [2.45, 2.75) is 84.1 Å². The van der Waals surface area contributed by atoms with E-state index in [9.17, 15) is 47.9 Å². The molecule has 5 rings (SSSR count). The molecule has 1 aliphatic rings. The van der Waals surface area contributed by atoms with Crippen LogP contribution in [-0.4, -0.2) is 82.6 Å². The number of phosphoric acid groups is 2. The van der Waals surface area contributed by atoms with Crippen LogP contribution in [0.15, 0.2) is 36.4 Å². The van der Waals surface area contributed by atoms with E-state index in [0.29, 0.717) is 78.3 Å². The Kier molecular flexibility index (Phi) is 15.0. The summed E-state index contributed by atoms with van der Waals surface area (Å²) in [6.45, 7) is 3.15. The molecule has 2 aromatic heterocycles. The molecular weight excluding hydrogens is 802 g/mol. The van der Waals surface area contributed by atoms with Crippen molar-refractivity contribution < 1.29 is 66.5 Å². The van der Waals surface area contributed by atoms with E-state index < -0.39 is 33.4 Å². The lowest BCUT2D eigenvalue weighted by Gasteiger charge is -2.17. The molecule has 7 N–H and O–H groups in total. The van der Waals surface area contributed by atoms with Gasteiger partial charge >= 0.3 is 21.6 Å². The van der Waals surface area contributed by atoms with E-state index in [2.05, 4.69) is 10.3 Å². The van der Waals surface area contributed by atoms with Gasteiger partial charge in [-0.3, -0.25) is 34.0 Å². The number of hydroxylamine groups is 2. The standard InChI is InChI=1S/C36H46N6O14P2/c1-2-3-8-29-40-34-35(41(29)22-24-21-25(55-57(47,48)49)12-14-28(24)56-58(50,51)52)26-20-23(11-13-27(26)39-36(34)37)7-5-18-53-19-6-17-38-30(43)9-4-10-33(46)54-42-31(44)15-16-32(42)45/h11-14,20-21H,2-10,15-19,22H2,1H3,(H2,37,39)(H,38,43)(H2,47,48,49)(H2,50,51,52). The number of imidazole rings is 1. The fourth-order valence-electron chi connectivity index (χ4n) is 6.29. The molecule has 3 amide bonds. The van der Waals surface area contributed by atoms with Gasteiger partial charge in [0.2, 0.25) is 5.91 Å². The Balaban J connectivity index is 1.20. The van der Waals surface area contributed by atoms with Gasteiger partial charge in [0.15, 0.2) is 5.82 Å². The van der Waals surface area contributed by atoms with E-state index in [1.165, 1.54) is 6.07 Å². The summed E-state index contributed by atoms with van der Waals surface area (Å²) in [6.07, 6.45) is 4.16. The Labute approximate surface area is 332 Å². The molecule has 0 spiro atoms. The quantitative estimate of drug-likeness (QED) is 0.0373. The predicted octanol–water partition coefficient (Wildman–Crippen LogP) is 3.73. The second-order valence-corrected chi connectivity index (χ2v) is 15.8. The molecule has 20 nitrogen and oxygen atoms in total. The summed E-state index contributed by atoms with van der Waals surface area (Å²) < 4.78 is 40.8. The van der Waals surface area contributed by atoms with E-state index in [0.717, 1.165) is 30.5 Å². The minimum Gasteiger partial charge on any atom is -0.404 e. The van der Waals surface area contributed by atoms with Crippen molar-refractivity contribution in [1.29, 1.82) is 0 Å². The molecule has 0 saturated carbocycles.